The molecule has 0 saturated heterocycles. The van der Waals surface area contributed by atoms with E-state index in [2.05, 4.69) is 4.98 Å². The Balaban J connectivity index is 3.07. The van der Waals surface area contributed by atoms with E-state index in [0.717, 1.165) is 17.8 Å². The van der Waals surface area contributed by atoms with Crippen LogP contribution in [0.5, 0.6) is 0 Å². The van der Waals surface area contributed by atoms with Gasteiger partial charge in [0, 0.05) is 7.11 Å². The number of carboxylic acid groups (broad SMARTS) is 1. The van der Waals surface area contributed by atoms with Gasteiger partial charge in [0.15, 0.2) is 0 Å². The average Bonchev–Trinajstić information content (AvgIpc) is 2.71. The maximum atomic E-state index is 10.7. The van der Waals surface area contributed by atoms with Crippen molar-refractivity contribution in [1.29, 1.82) is 0 Å². The minimum Gasteiger partial charge on any atom is -0.477 e. The lowest BCUT2D eigenvalue weighted by molar-refractivity contribution is -0.0218. The quantitative estimate of drug-likeness (QED) is 0.842. The number of aromatic nitrogens is 1. The number of carbonyl (C=O) groups is 1. The topological polar surface area (TPSA) is 59.4 Å². The Labute approximate surface area is 92.9 Å². The van der Waals surface area contributed by atoms with Gasteiger partial charge in [-0.2, -0.15) is 0 Å². The second kappa shape index (κ2) is 4.72. The molecule has 0 aromatic carbocycles. The van der Waals surface area contributed by atoms with E-state index in [4.69, 9.17) is 9.84 Å². The van der Waals surface area contributed by atoms with Crippen LogP contribution in [0.15, 0.2) is 6.20 Å². The first-order valence-electron chi connectivity index (χ1n) is 4.84. The van der Waals surface area contributed by atoms with E-state index >= 15 is 0 Å². The molecule has 0 spiro atoms. The highest BCUT2D eigenvalue weighted by molar-refractivity contribution is 7.13. The van der Waals surface area contributed by atoms with Crippen LogP contribution in [0.25, 0.3) is 0 Å². The molecule has 1 aromatic heterocycles. The van der Waals surface area contributed by atoms with Crippen molar-refractivity contribution in [1.82, 2.24) is 4.98 Å². The molecule has 0 bridgehead atoms. The first kappa shape index (κ1) is 12.1. The lowest BCUT2D eigenvalue weighted by atomic mass is 9.98. The monoisotopic (exact) mass is 229 g/mol. The highest BCUT2D eigenvalue weighted by Crippen LogP contribution is 2.34. The van der Waals surface area contributed by atoms with Crippen molar-refractivity contribution in [2.75, 3.05) is 7.11 Å². The van der Waals surface area contributed by atoms with Crippen LogP contribution in [0.4, 0.5) is 0 Å². The summed E-state index contributed by atoms with van der Waals surface area (Å²) in [6.07, 6.45) is 2.96. The third-order valence-electron chi connectivity index (χ3n) is 2.64. The van der Waals surface area contributed by atoms with Crippen molar-refractivity contribution < 1.29 is 14.6 Å². The predicted molar refractivity (Wildman–Crippen MR) is 58.3 cm³/mol. The van der Waals surface area contributed by atoms with Crippen LogP contribution < -0.4 is 0 Å². The Hall–Kier alpha value is -0.940. The van der Waals surface area contributed by atoms with Crippen LogP contribution in [0.3, 0.4) is 0 Å². The van der Waals surface area contributed by atoms with Crippen molar-refractivity contribution in [3.05, 3.63) is 16.1 Å². The molecule has 0 aliphatic heterocycles. The molecular formula is C10H15NO3S. The van der Waals surface area contributed by atoms with Gasteiger partial charge in [0.2, 0.25) is 0 Å². The van der Waals surface area contributed by atoms with Gasteiger partial charge < -0.3 is 9.84 Å². The summed E-state index contributed by atoms with van der Waals surface area (Å²) < 4.78 is 5.47. The first-order valence-corrected chi connectivity index (χ1v) is 5.66. The molecule has 0 aliphatic rings. The van der Waals surface area contributed by atoms with Crippen molar-refractivity contribution in [3.8, 4) is 0 Å². The summed E-state index contributed by atoms with van der Waals surface area (Å²) in [6, 6.07) is 0. The maximum Gasteiger partial charge on any atom is 0.347 e. The lowest BCUT2D eigenvalue weighted by Crippen LogP contribution is -2.26. The van der Waals surface area contributed by atoms with Gasteiger partial charge in [0.25, 0.3) is 0 Å². The van der Waals surface area contributed by atoms with Crippen molar-refractivity contribution in [2.45, 2.75) is 32.3 Å². The van der Waals surface area contributed by atoms with Crippen molar-refractivity contribution in [3.63, 3.8) is 0 Å². The van der Waals surface area contributed by atoms with E-state index in [-0.39, 0.29) is 4.88 Å². The fourth-order valence-corrected chi connectivity index (χ4v) is 2.58. The summed E-state index contributed by atoms with van der Waals surface area (Å²) >= 11 is 1.19. The SMILES string of the molecule is CCC(CC)(OC)c1ncc(C(=O)O)s1. The zero-order valence-electron chi connectivity index (χ0n) is 9.11. The zero-order chi connectivity index (χ0) is 11.5. The lowest BCUT2D eigenvalue weighted by Gasteiger charge is -2.27. The highest BCUT2D eigenvalue weighted by atomic mass is 32.1. The molecule has 0 atom stereocenters. The van der Waals surface area contributed by atoms with E-state index in [0.29, 0.717) is 0 Å². The van der Waals surface area contributed by atoms with Gasteiger partial charge >= 0.3 is 5.97 Å². The number of nitrogens with zero attached hydrogens (tertiary/aromatic N) is 1. The van der Waals surface area contributed by atoms with Crippen LogP contribution in [0, 0.1) is 0 Å². The summed E-state index contributed by atoms with van der Waals surface area (Å²) in [5.74, 6) is -0.934. The molecule has 5 heteroatoms. The van der Waals surface area contributed by atoms with Crippen molar-refractivity contribution >= 4 is 17.3 Å². The fraction of sp³-hybridized carbons (Fsp3) is 0.600. The standard InChI is InChI=1S/C10H15NO3S/c1-4-10(5-2,14-3)9-11-6-7(15-9)8(12)13/h6H,4-5H2,1-3H3,(H,12,13). The number of methoxy groups -OCH3 is 1. The van der Waals surface area contributed by atoms with Gasteiger partial charge in [-0.05, 0) is 12.8 Å². The van der Waals surface area contributed by atoms with E-state index in [1.54, 1.807) is 7.11 Å². The van der Waals surface area contributed by atoms with Crippen LogP contribution in [0.2, 0.25) is 0 Å². The predicted octanol–water partition coefficient (Wildman–Crippen LogP) is 2.50. The van der Waals surface area contributed by atoms with Crippen LogP contribution in [0.1, 0.15) is 41.4 Å². The molecule has 15 heavy (non-hydrogen) atoms. The molecule has 1 N–H and O–H groups in total. The number of ether oxygens (including phenoxy) is 1. The highest BCUT2D eigenvalue weighted by Gasteiger charge is 2.32. The Bertz CT molecular complexity index is 336. The van der Waals surface area contributed by atoms with Crippen LogP contribution in [-0.2, 0) is 10.3 Å². The molecule has 0 unspecified atom stereocenters. The number of hydrogen-bond acceptors (Lipinski definition) is 4. The van der Waals surface area contributed by atoms with Gasteiger partial charge in [0.1, 0.15) is 15.5 Å². The first-order chi connectivity index (χ1) is 7.09. The third kappa shape index (κ3) is 2.18. The minimum atomic E-state index is -0.934. The second-order valence-corrected chi connectivity index (χ2v) is 4.27. The smallest absolute Gasteiger partial charge is 0.347 e. The Morgan fingerprint density at radius 3 is 2.53 bits per heavy atom. The molecule has 1 aromatic rings. The summed E-state index contributed by atoms with van der Waals surface area (Å²) in [5, 5.41) is 9.55. The van der Waals surface area contributed by atoms with Gasteiger partial charge in [-0.1, -0.05) is 13.8 Å². The van der Waals surface area contributed by atoms with Crippen LogP contribution >= 0.6 is 11.3 Å². The number of aromatic carboxylic acids is 1. The second-order valence-electron chi connectivity index (χ2n) is 3.24. The average molecular weight is 229 g/mol. The molecule has 0 aliphatic carbocycles. The molecule has 84 valence electrons. The van der Waals surface area contributed by atoms with E-state index in [1.165, 1.54) is 17.5 Å². The Morgan fingerprint density at radius 1 is 1.60 bits per heavy atom. The van der Waals surface area contributed by atoms with Gasteiger partial charge in [-0.15, -0.1) is 11.3 Å². The van der Waals surface area contributed by atoms with E-state index in [1.807, 2.05) is 13.8 Å². The number of thiazole rings is 1. The van der Waals surface area contributed by atoms with E-state index in [9.17, 15) is 4.79 Å². The molecule has 1 heterocycles. The number of hydrogen-bond donors (Lipinski definition) is 1. The molecule has 4 nitrogen and oxygen atoms in total. The van der Waals surface area contributed by atoms with Crippen LogP contribution in [-0.4, -0.2) is 23.2 Å². The third-order valence-corrected chi connectivity index (χ3v) is 3.81. The van der Waals surface area contributed by atoms with Crippen molar-refractivity contribution in [2.24, 2.45) is 0 Å². The molecule has 1 rings (SSSR count). The van der Waals surface area contributed by atoms with Gasteiger partial charge in [-0.25, -0.2) is 9.78 Å². The molecule has 0 fully saturated rings. The van der Waals surface area contributed by atoms with Gasteiger partial charge in [-0.3, -0.25) is 0 Å². The molecular weight excluding hydrogens is 214 g/mol. The largest absolute Gasteiger partial charge is 0.477 e. The maximum absolute atomic E-state index is 10.7. The zero-order valence-corrected chi connectivity index (χ0v) is 9.93. The molecule has 0 radical (unpaired) electrons. The minimum absolute atomic E-state index is 0.258. The Kier molecular flexibility index (Phi) is 3.82. The Morgan fingerprint density at radius 2 is 2.20 bits per heavy atom. The summed E-state index contributed by atoms with van der Waals surface area (Å²) in [6.45, 7) is 4.02. The fourth-order valence-electron chi connectivity index (χ4n) is 1.51. The molecule has 0 saturated carbocycles. The summed E-state index contributed by atoms with van der Waals surface area (Å²) in [5.41, 5.74) is -0.432. The van der Waals surface area contributed by atoms with Gasteiger partial charge in [0.05, 0.1) is 6.20 Å². The van der Waals surface area contributed by atoms with E-state index < -0.39 is 11.6 Å². The number of rotatable bonds is 5. The summed E-state index contributed by atoms with van der Waals surface area (Å²) in [4.78, 5) is 15.1. The normalized spacial score (nSPS) is 11.7. The molecule has 0 amide bonds. The number of carboxylic acids is 1. The summed E-state index contributed by atoms with van der Waals surface area (Å²) in [7, 11) is 1.63.